The normalized spacial score (nSPS) is 24.3. The van der Waals surface area contributed by atoms with Crippen LogP contribution in [0, 0.1) is 5.92 Å². The summed E-state index contributed by atoms with van der Waals surface area (Å²) in [7, 11) is 0. The maximum absolute atomic E-state index is 6.21. The van der Waals surface area contributed by atoms with Gasteiger partial charge >= 0.3 is 0 Å². The van der Waals surface area contributed by atoms with Crippen LogP contribution in [0.2, 0.25) is 0 Å². The highest BCUT2D eigenvalue weighted by Crippen LogP contribution is 2.26. The number of hydrogen-bond acceptors (Lipinski definition) is 2. The van der Waals surface area contributed by atoms with E-state index in [1.54, 1.807) is 0 Å². The highest BCUT2D eigenvalue weighted by Gasteiger charge is 2.22. The molecule has 1 fully saturated rings. The van der Waals surface area contributed by atoms with Gasteiger partial charge < -0.3 is 5.73 Å². The molecule has 2 N–H and O–H groups in total. The molecule has 2 aromatic rings. The molecule has 1 saturated carbocycles. The summed E-state index contributed by atoms with van der Waals surface area (Å²) in [5.74, 6) is 0.618. The maximum Gasteiger partial charge on any atom is 0.0705 e. The van der Waals surface area contributed by atoms with Crippen LogP contribution in [0.25, 0.3) is 10.9 Å². The summed E-state index contributed by atoms with van der Waals surface area (Å²) in [4.78, 5) is 4.75. The van der Waals surface area contributed by atoms with Crippen LogP contribution in [0.5, 0.6) is 0 Å². The summed E-state index contributed by atoms with van der Waals surface area (Å²) in [6, 6.07) is 13.0. The van der Waals surface area contributed by atoms with Crippen molar-refractivity contribution >= 4 is 10.9 Å². The van der Waals surface area contributed by atoms with Crippen LogP contribution < -0.4 is 5.73 Å². The zero-order chi connectivity index (χ0) is 12.4. The van der Waals surface area contributed by atoms with Crippen molar-refractivity contribution in [1.82, 2.24) is 4.98 Å². The molecular weight excluding hydrogens is 220 g/mol. The fourth-order valence-corrected chi connectivity index (χ4v) is 2.98. The number of nitrogens with two attached hydrogens (primary N) is 1. The molecule has 94 valence electrons. The van der Waals surface area contributed by atoms with Gasteiger partial charge in [0.05, 0.1) is 5.52 Å². The highest BCUT2D eigenvalue weighted by atomic mass is 14.7. The SMILES string of the molecule is NC1CCCCC1Cc1ccc2ccccc2n1. The van der Waals surface area contributed by atoms with Crippen LogP contribution >= 0.6 is 0 Å². The first-order valence-electron chi connectivity index (χ1n) is 6.93. The third-order valence-corrected chi connectivity index (χ3v) is 4.10. The van der Waals surface area contributed by atoms with E-state index in [0.717, 1.165) is 11.9 Å². The molecule has 0 saturated heterocycles. The molecule has 1 aromatic carbocycles. The molecule has 0 aliphatic heterocycles. The minimum Gasteiger partial charge on any atom is -0.327 e. The molecule has 1 aliphatic carbocycles. The lowest BCUT2D eigenvalue weighted by Gasteiger charge is -2.28. The molecule has 3 rings (SSSR count). The first-order valence-corrected chi connectivity index (χ1v) is 6.93. The topological polar surface area (TPSA) is 38.9 Å². The molecule has 1 aromatic heterocycles. The first kappa shape index (κ1) is 11.7. The molecule has 2 atom stereocenters. The predicted molar refractivity (Wildman–Crippen MR) is 75.4 cm³/mol. The van der Waals surface area contributed by atoms with E-state index in [4.69, 9.17) is 10.7 Å². The van der Waals surface area contributed by atoms with Gasteiger partial charge in [-0.15, -0.1) is 0 Å². The van der Waals surface area contributed by atoms with E-state index >= 15 is 0 Å². The van der Waals surface area contributed by atoms with E-state index in [9.17, 15) is 0 Å². The third kappa shape index (κ3) is 2.39. The summed E-state index contributed by atoms with van der Waals surface area (Å²) in [5.41, 5.74) is 8.50. The smallest absolute Gasteiger partial charge is 0.0705 e. The summed E-state index contributed by atoms with van der Waals surface area (Å²) < 4.78 is 0. The van der Waals surface area contributed by atoms with Crippen molar-refractivity contribution in [2.75, 3.05) is 0 Å². The Balaban J connectivity index is 1.81. The van der Waals surface area contributed by atoms with Crippen molar-refractivity contribution in [1.29, 1.82) is 0 Å². The van der Waals surface area contributed by atoms with Crippen molar-refractivity contribution < 1.29 is 0 Å². The van der Waals surface area contributed by atoms with Crippen LogP contribution in [-0.2, 0) is 6.42 Å². The Morgan fingerprint density at radius 2 is 1.89 bits per heavy atom. The van der Waals surface area contributed by atoms with Crippen LogP contribution in [0.1, 0.15) is 31.4 Å². The van der Waals surface area contributed by atoms with E-state index in [1.165, 1.54) is 36.8 Å². The van der Waals surface area contributed by atoms with Gasteiger partial charge in [-0.2, -0.15) is 0 Å². The van der Waals surface area contributed by atoms with E-state index in [-0.39, 0.29) is 0 Å². The van der Waals surface area contributed by atoms with Gasteiger partial charge in [-0.05, 0) is 37.3 Å². The van der Waals surface area contributed by atoms with Gasteiger partial charge in [-0.3, -0.25) is 4.98 Å². The zero-order valence-corrected chi connectivity index (χ0v) is 10.7. The van der Waals surface area contributed by atoms with Gasteiger partial charge in [-0.25, -0.2) is 0 Å². The number of nitrogens with zero attached hydrogens (tertiary/aromatic N) is 1. The number of aromatic nitrogens is 1. The third-order valence-electron chi connectivity index (χ3n) is 4.10. The summed E-state index contributed by atoms with van der Waals surface area (Å²) in [6.07, 6.45) is 6.09. The average molecular weight is 240 g/mol. The fourth-order valence-electron chi connectivity index (χ4n) is 2.98. The van der Waals surface area contributed by atoms with Crippen LogP contribution in [0.3, 0.4) is 0 Å². The molecule has 1 aliphatic rings. The molecule has 18 heavy (non-hydrogen) atoms. The molecule has 0 bridgehead atoms. The average Bonchev–Trinajstić information content (AvgIpc) is 2.41. The minimum absolute atomic E-state index is 0.368. The van der Waals surface area contributed by atoms with Gasteiger partial charge in [-0.1, -0.05) is 37.1 Å². The number of rotatable bonds is 2. The second-order valence-electron chi connectivity index (χ2n) is 5.41. The van der Waals surface area contributed by atoms with Gasteiger partial charge in [0.25, 0.3) is 0 Å². The minimum atomic E-state index is 0.368. The van der Waals surface area contributed by atoms with Crippen molar-refractivity contribution in [3.63, 3.8) is 0 Å². The number of hydrogen-bond donors (Lipinski definition) is 1. The van der Waals surface area contributed by atoms with E-state index in [0.29, 0.717) is 12.0 Å². The number of para-hydroxylation sites is 1. The van der Waals surface area contributed by atoms with Gasteiger partial charge in [0.2, 0.25) is 0 Å². The second-order valence-corrected chi connectivity index (χ2v) is 5.41. The van der Waals surface area contributed by atoms with E-state index in [2.05, 4.69) is 30.3 Å². The monoisotopic (exact) mass is 240 g/mol. The number of fused-ring (bicyclic) bond motifs is 1. The Bertz CT molecular complexity index is 535. The Hall–Kier alpha value is -1.41. The van der Waals surface area contributed by atoms with Crippen LogP contribution in [-0.4, -0.2) is 11.0 Å². The van der Waals surface area contributed by atoms with Crippen molar-refractivity contribution in [2.24, 2.45) is 11.7 Å². The lowest BCUT2D eigenvalue weighted by molar-refractivity contribution is 0.304. The predicted octanol–water partition coefficient (Wildman–Crippen LogP) is 3.29. The lowest BCUT2D eigenvalue weighted by atomic mass is 9.82. The lowest BCUT2D eigenvalue weighted by Crippen LogP contribution is -2.34. The molecular formula is C16H20N2. The molecule has 2 unspecified atom stereocenters. The highest BCUT2D eigenvalue weighted by molar-refractivity contribution is 5.78. The van der Waals surface area contributed by atoms with Gasteiger partial charge in [0.15, 0.2) is 0 Å². The Kier molecular flexibility index (Phi) is 3.28. The van der Waals surface area contributed by atoms with Crippen LogP contribution in [0.4, 0.5) is 0 Å². The zero-order valence-electron chi connectivity index (χ0n) is 10.7. The second kappa shape index (κ2) is 5.07. The van der Waals surface area contributed by atoms with Gasteiger partial charge in [0.1, 0.15) is 0 Å². The first-order chi connectivity index (χ1) is 8.83. The van der Waals surface area contributed by atoms with E-state index in [1.807, 2.05) is 6.07 Å². The maximum atomic E-state index is 6.21. The van der Waals surface area contributed by atoms with E-state index < -0.39 is 0 Å². The summed E-state index contributed by atoms with van der Waals surface area (Å²) in [5, 5.41) is 1.22. The summed E-state index contributed by atoms with van der Waals surface area (Å²) in [6.45, 7) is 0. The van der Waals surface area contributed by atoms with Crippen molar-refractivity contribution in [2.45, 2.75) is 38.1 Å². The van der Waals surface area contributed by atoms with Gasteiger partial charge in [0, 0.05) is 17.1 Å². The number of benzene rings is 1. The Labute approximate surface area is 108 Å². The Morgan fingerprint density at radius 1 is 1.06 bits per heavy atom. The number of pyridine rings is 1. The van der Waals surface area contributed by atoms with Crippen LogP contribution in [0.15, 0.2) is 36.4 Å². The quantitative estimate of drug-likeness (QED) is 0.874. The largest absolute Gasteiger partial charge is 0.327 e. The molecule has 0 radical (unpaired) electrons. The standard InChI is InChI=1S/C16H20N2/c17-15-7-3-1-6-13(15)11-14-10-9-12-5-2-4-8-16(12)18-14/h2,4-5,8-10,13,15H,1,3,6-7,11,17H2. The molecule has 2 heteroatoms. The molecule has 1 heterocycles. The fraction of sp³-hybridized carbons (Fsp3) is 0.438. The molecule has 0 spiro atoms. The summed E-state index contributed by atoms with van der Waals surface area (Å²) >= 11 is 0. The van der Waals surface area contributed by atoms with Crippen molar-refractivity contribution in [3.8, 4) is 0 Å². The molecule has 2 nitrogen and oxygen atoms in total. The molecule has 0 amide bonds. The van der Waals surface area contributed by atoms with Crippen molar-refractivity contribution in [3.05, 3.63) is 42.1 Å². The Morgan fingerprint density at radius 3 is 2.78 bits per heavy atom.